The van der Waals surface area contributed by atoms with E-state index in [1.165, 1.54) is 0 Å². The average molecular weight is 518 g/mol. The third kappa shape index (κ3) is 7.32. The number of hydrogen-bond acceptors (Lipinski definition) is 0. The van der Waals surface area contributed by atoms with Gasteiger partial charge in [-0.25, -0.2) is 5.69 Å². The van der Waals surface area contributed by atoms with E-state index in [2.05, 4.69) is 13.3 Å². The minimum Gasteiger partial charge on any atom is -0.709 e. The van der Waals surface area contributed by atoms with Gasteiger partial charge in [-0.3, -0.25) is 0 Å². The van der Waals surface area contributed by atoms with Gasteiger partial charge in [-0.1, -0.05) is 13.3 Å². The largest absolute Gasteiger partial charge is 2.00 e. The number of rotatable bonds is 2. The Balaban J connectivity index is -0.000000333. The molecule has 0 aliphatic rings. The summed E-state index contributed by atoms with van der Waals surface area (Å²) in [5, 5.41) is 0. The second kappa shape index (κ2) is 10.3. The van der Waals surface area contributed by atoms with Gasteiger partial charge in [0.2, 0.25) is 0 Å². The summed E-state index contributed by atoms with van der Waals surface area (Å²) >= 11 is 0. The maximum absolute atomic E-state index is 7.29. The molecular formula is C10H14NReW-. The van der Waals surface area contributed by atoms with Crippen LogP contribution in [0.3, 0.4) is 0 Å². The van der Waals surface area contributed by atoms with E-state index in [4.69, 9.17) is 5.73 Å². The normalized spacial score (nSPS) is 7.15. The molecular weight excluding hydrogens is 504 g/mol. The van der Waals surface area contributed by atoms with Gasteiger partial charge in [0.15, 0.2) is 0 Å². The van der Waals surface area contributed by atoms with Crippen LogP contribution in [0.4, 0.5) is 5.69 Å². The van der Waals surface area contributed by atoms with Crippen LogP contribution in [0.25, 0.3) is 5.73 Å². The van der Waals surface area contributed by atoms with Gasteiger partial charge in [-0.05, 0) is 0 Å². The van der Waals surface area contributed by atoms with Crippen LogP contribution in [-0.2, 0) is 41.5 Å². The second-order valence-electron chi connectivity index (χ2n) is 2.24. The summed E-state index contributed by atoms with van der Waals surface area (Å²) in [7, 11) is 0. The number of nitrogens with one attached hydrogen (secondary N) is 1. The molecule has 0 heterocycles. The van der Waals surface area contributed by atoms with Crippen molar-refractivity contribution in [2.45, 2.75) is 13.3 Å². The van der Waals surface area contributed by atoms with Crippen molar-refractivity contribution >= 4 is 5.69 Å². The summed E-state index contributed by atoms with van der Waals surface area (Å²) in [5.41, 5.74) is 9.03. The Morgan fingerprint density at radius 3 is 2.46 bits per heavy atom. The predicted octanol–water partition coefficient (Wildman–Crippen LogP) is 3.78. The van der Waals surface area contributed by atoms with Crippen molar-refractivity contribution in [1.82, 2.24) is 0 Å². The molecule has 3 heteroatoms. The Labute approximate surface area is 109 Å². The first-order valence-electron chi connectivity index (χ1n) is 3.48. The predicted molar refractivity (Wildman–Crippen MR) is 50.5 cm³/mol. The summed E-state index contributed by atoms with van der Waals surface area (Å²) in [6.45, 7) is 2.09. The van der Waals surface area contributed by atoms with Crippen molar-refractivity contribution in [2.75, 3.05) is 0 Å². The standard InChI is InChI=1S/C9H11N.CH3.Re.W/c1-2-4-8-5-3-6-9(10)7-8;;;/h3-7,10H,2H2,1H3;1H3;;/q-2;-1;;+2. The first-order valence-corrected chi connectivity index (χ1v) is 3.48. The molecule has 0 bridgehead atoms. The Morgan fingerprint density at radius 2 is 2.00 bits per heavy atom. The second-order valence-corrected chi connectivity index (χ2v) is 2.24. The van der Waals surface area contributed by atoms with E-state index in [1.54, 1.807) is 6.07 Å². The van der Waals surface area contributed by atoms with Gasteiger partial charge in [0.25, 0.3) is 0 Å². The van der Waals surface area contributed by atoms with E-state index in [-0.39, 0.29) is 48.9 Å². The third-order valence-electron chi connectivity index (χ3n) is 1.33. The molecule has 0 aliphatic carbocycles. The molecule has 0 spiro atoms. The fraction of sp³-hybridized carbons (Fsp3) is 0.200. The maximum Gasteiger partial charge on any atom is 2.00 e. The molecule has 13 heavy (non-hydrogen) atoms. The van der Waals surface area contributed by atoms with Crippen molar-refractivity contribution in [3.63, 3.8) is 0 Å². The third-order valence-corrected chi connectivity index (χ3v) is 1.33. The van der Waals surface area contributed by atoms with Crippen molar-refractivity contribution in [3.05, 3.63) is 49.4 Å². The molecule has 0 fully saturated rings. The van der Waals surface area contributed by atoms with Crippen molar-refractivity contribution < 1.29 is 41.5 Å². The summed E-state index contributed by atoms with van der Waals surface area (Å²) in [6, 6.07) is 7.57. The number of hydrogen-bond donors (Lipinski definition) is 0. The minimum atomic E-state index is 0. The van der Waals surface area contributed by atoms with Crippen LogP contribution in [0.15, 0.2) is 24.3 Å². The van der Waals surface area contributed by atoms with Crippen LogP contribution in [-0.4, -0.2) is 0 Å². The average Bonchev–Trinajstić information content (AvgIpc) is 1.88. The summed E-state index contributed by atoms with van der Waals surface area (Å²) in [5.74, 6) is 0. The fourth-order valence-corrected chi connectivity index (χ4v) is 0.901. The first-order chi connectivity index (χ1) is 4.83. The molecule has 0 saturated heterocycles. The van der Waals surface area contributed by atoms with Crippen LogP contribution in [0.1, 0.15) is 18.9 Å². The van der Waals surface area contributed by atoms with Crippen molar-refractivity contribution in [2.24, 2.45) is 0 Å². The van der Waals surface area contributed by atoms with Gasteiger partial charge in [-0.2, -0.15) is 24.1 Å². The Kier molecular flexibility index (Phi) is 15.0. The Hall–Kier alpha value is 0.241. The molecule has 0 amide bonds. The van der Waals surface area contributed by atoms with Crippen LogP contribution in [0.2, 0.25) is 0 Å². The molecule has 1 aromatic carbocycles. The molecule has 0 unspecified atom stereocenters. The van der Waals surface area contributed by atoms with Gasteiger partial charge in [0.1, 0.15) is 0 Å². The van der Waals surface area contributed by atoms with E-state index in [0.29, 0.717) is 5.69 Å². The van der Waals surface area contributed by atoms with Gasteiger partial charge in [-0.15, -0.1) is 12.1 Å². The quantitative estimate of drug-likeness (QED) is 0.533. The van der Waals surface area contributed by atoms with E-state index in [9.17, 15) is 0 Å². The smallest absolute Gasteiger partial charge is 0.709 e. The molecule has 0 saturated carbocycles. The summed E-state index contributed by atoms with van der Waals surface area (Å²) < 4.78 is 0. The van der Waals surface area contributed by atoms with Crippen LogP contribution >= 0.6 is 0 Å². The molecule has 73 valence electrons. The molecule has 0 aliphatic heterocycles. The van der Waals surface area contributed by atoms with E-state index < -0.39 is 0 Å². The van der Waals surface area contributed by atoms with Crippen molar-refractivity contribution in [3.8, 4) is 0 Å². The molecule has 0 atom stereocenters. The minimum absolute atomic E-state index is 0. The number of benzene rings is 1. The molecule has 1 aromatic rings. The zero-order chi connectivity index (χ0) is 7.40. The van der Waals surface area contributed by atoms with Crippen LogP contribution in [0.5, 0.6) is 0 Å². The van der Waals surface area contributed by atoms with E-state index >= 15 is 0 Å². The molecule has 1 nitrogen and oxygen atoms in total. The monoisotopic (exact) mass is 519 g/mol. The topological polar surface area (TPSA) is 23.8 Å². The fourth-order valence-electron chi connectivity index (χ4n) is 0.901. The van der Waals surface area contributed by atoms with E-state index in [0.717, 1.165) is 12.0 Å². The Bertz CT molecular complexity index is 216. The first kappa shape index (κ1) is 18.9. The molecule has 1 rings (SSSR count). The molecule has 1 N–H and O–H groups in total. The maximum atomic E-state index is 7.29. The molecule has 1 radical (unpaired) electrons. The van der Waals surface area contributed by atoms with Crippen LogP contribution < -0.4 is 0 Å². The van der Waals surface area contributed by atoms with Gasteiger partial charge >= 0.3 is 21.1 Å². The molecule has 0 aromatic heterocycles. The van der Waals surface area contributed by atoms with E-state index in [1.807, 2.05) is 18.2 Å². The summed E-state index contributed by atoms with van der Waals surface area (Å²) in [6.07, 6.45) is 3.14. The van der Waals surface area contributed by atoms with Gasteiger partial charge in [0, 0.05) is 20.4 Å². The SMILES string of the molecule is CC[CH-]c1cccc([NH-])c1.[CH3-].[Re].[W+2]. The Morgan fingerprint density at radius 1 is 1.38 bits per heavy atom. The zero-order valence-corrected chi connectivity index (χ0v) is 13.5. The zero-order valence-electron chi connectivity index (χ0n) is 7.88. The summed E-state index contributed by atoms with van der Waals surface area (Å²) in [4.78, 5) is 0. The van der Waals surface area contributed by atoms with Crippen LogP contribution in [0, 0.1) is 13.8 Å². The van der Waals surface area contributed by atoms with Gasteiger partial charge in [0.05, 0.1) is 0 Å². The van der Waals surface area contributed by atoms with Crippen molar-refractivity contribution in [1.29, 1.82) is 0 Å². The van der Waals surface area contributed by atoms with Gasteiger partial charge < -0.3 is 13.2 Å².